The molecule has 1 N–H and O–H groups in total. The largest absolute Gasteiger partial charge is 0.477 e. The van der Waals surface area contributed by atoms with Crippen molar-refractivity contribution in [1.29, 1.82) is 0 Å². The van der Waals surface area contributed by atoms with Crippen LogP contribution in [0.3, 0.4) is 0 Å². The summed E-state index contributed by atoms with van der Waals surface area (Å²) in [6.07, 6.45) is 5.44. The highest BCUT2D eigenvalue weighted by molar-refractivity contribution is 7.15. The fourth-order valence-electron chi connectivity index (χ4n) is 4.60. The Labute approximate surface area is 187 Å². The first kappa shape index (κ1) is 23.0. The molecule has 0 radical (unpaired) electrons. The second kappa shape index (κ2) is 7.80. The summed E-state index contributed by atoms with van der Waals surface area (Å²) in [5.41, 5.74) is 5.60. The molecule has 0 saturated carbocycles. The molecule has 1 aliphatic rings. The van der Waals surface area contributed by atoms with Crippen LogP contribution in [0.25, 0.3) is 11.3 Å². The van der Waals surface area contributed by atoms with Crippen LogP contribution in [-0.2, 0) is 17.3 Å². The Kier molecular flexibility index (Phi) is 5.98. The lowest BCUT2D eigenvalue weighted by Gasteiger charge is -2.42. The van der Waals surface area contributed by atoms with Crippen molar-refractivity contribution in [3.8, 4) is 0 Å². The van der Waals surface area contributed by atoms with E-state index in [0.29, 0.717) is 4.88 Å². The topological polar surface area (TPSA) is 37.3 Å². The summed E-state index contributed by atoms with van der Waals surface area (Å²) in [4.78, 5) is 13.2. The molecule has 3 rings (SSSR count). The fraction of sp³-hybridized carbons (Fsp3) is 0.500. The van der Waals surface area contributed by atoms with Crippen molar-refractivity contribution in [3.63, 3.8) is 0 Å². The van der Waals surface area contributed by atoms with Crippen molar-refractivity contribution >= 4 is 36.7 Å². The van der Waals surface area contributed by atoms with Gasteiger partial charge in [-0.05, 0) is 64.5 Å². The number of fused-ring (bicyclic) bond motifs is 1. The summed E-state index contributed by atoms with van der Waals surface area (Å²) in [6, 6.07) is 9.17. The smallest absolute Gasteiger partial charge is 0.346 e. The van der Waals surface area contributed by atoms with Gasteiger partial charge in [-0.3, -0.25) is 0 Å². The molecule has 0 aliphatic heterocycles. The van der Waals surface area contributed by atoms with Crippen LogP contribution < -0.4 is 0 Å². The lowest BCUT2D eigenvalue weighted by atomic mass is 9.63. The first-order valence-electron chi connectivity index (χ1n) is 11.0. The SMILES string of the molecule is CCc1cc(C=C(c2ccc3c(c2)C(C)(C)CCC3(C)C)[Si](C)(C)C)sc1C(=O)O. The number of thiophene rings is 1. The third-order valence-corrected chi connectivity index (χ3v) is 9.82. The van der Waals surface area contributed by atoms with E-state index in [4.69, 9.17) is 0 Å². The molecular weight excluding hydrogens is 404 g/mol. The first-order chi connectivity index (χ1) is 13.8. The zero-order chi connectivity index (χ0) is 22.5. The minimum Gasteiger partial charge on any atom is -0.477 e. The van der Waals surface area contributed by atoms with Gasteiger partial charge in [-0.2, -0.15) is 0 Å². The normalized spacial score (nSPS) is 18.2. The van der Waals surface area contributed by atoms with E-state index in [1.165, 1.54) is 46.1 Å². The molecule has 0 bridgehead atoms. The van der Waals surface area contributed by atoms with Crippen molar-refractivity contribution in [1.82, 2.24) is 0 Å². The molecule has 0 saturated heterocycles. The number of hydrogen-bond acceptors (Lipinski definition) is 2. The van der Waals surface area contributed by atoms with Gasteiger partial charge in [-0.15, -0.1) is 11.3 Å². The number of hydrogen-bond donors (Lipinski definition) is 1. The van der Waals surface area contributed by atoms with Gasteiger partial charge < -0.3 is 5.11 Å². The van der Waals surface area contributed by atoms with Crippen LogP contribution in [0.2, 0.25) is 19.6 Å². The average molecular weight is 441 g/mol. The highest BCUT2D eigenvalue weighted by Crippen LogP contribution is 2.47. The van der Waals surface area contributed by atoms with E-state index in [0.717, 1.165) is 16.9 Å². The summed E-state index contributed by atoms with van der Waals surface area (Å²) >= 11 is 1.41. The number of carbonyl (C=O) groups is 1. The Morgan fingerprint density at radius 2 is 1.67 bits per heavy atom. The van der Waals surface area contributed by atoms with Crippen LogP contribution in [0.5, 0.6) is 0 Å². The monoisotopic (exact) mass is 440 g/mol. The summed E-state index contributed by atoms with van der Waals surface area (Å²) < 4.78 is 0. The van der Waals surface area contributed by atoms with Gasteiger partial charge in [0.05, 0.1) is 8.07 Å². The van der Waals surface area contributed by atoms with E-state index in [-0.39, 0.29) is 10.8 Å². The van der Waals surface area contributed by atoms with E-state index >= 15 is 0 Å². The maximum Gasteiger partial charge on any atom is 0.346 e. The molecule has 0 unspecified atom stereocenters. The average Bonchev–Trinajstić information content (AvgIpc) is 3.06. The molecular formula is C26H36O2SSi. The van der Waals surface area contributed by atoms with Crippen LogP contribution >= 0.6 is 11.3 Å². The number of aryl methyl sites for hydroxylation is 1. The molecule has 1 aliphatic carbocycles. The van der Waals surface area contributed by atoms with E-state index in [1.807, 2.05) is 6.92 Å². The highest BCUT2D eigenvalue weighted by atomic mass is 32.1. The van der Waals surface area contributed by atoms with E-state index < -0.39 is 14.0 Å². The Morgan fingerprint density at radius 3 is 2.17 bits per heavy atom. The van der Waals surface area contributed by atoms with Gasteiger partial charge in [0.25, 0.3) is 0 Å². The molecule has 0 atom stereocenters. The Bertz CT molecular complexity index is 1000. The van der Waals surface area contributed by atoms with Gasteiger partial charge in [0.15, 0.2) is 0 Å². The van der Waals surface area contributed by atoms with Crippen LogP contribution in [0, 0.1) is 0 Å². The summed E-state index contributed by atoms with van der Waals surface area (Å²) in [7, 11) is -1.66. The van der Waals surface area contributed by atoms with Crippen molar-refractivity contribution in [2.75, 3.05) is 0 Å². The second-order valence-electron chi connectivity index (χ2n) is 11.0. The molecule has 0 spiro atoms. The predicted octanol–water partition coefficient (Wildman–Crippen LogP) is 7.78. The molecule has 0 fully saturated rings. The molecule has 0 amide bonds. The fourth-order valence-corrected chi connectivity index (χ4v) is 7.35. The van der Waals surface area contributed by atoms with Crippen LogP contribution in [0.15, 0.2) is 24.3 Å². The third kappa shape index (κ3) is 4.35. The van der Waals surface area contributed by atoms with Crippen molar-refractivity contribution < 1.29 is 9.90 Å². The molecule has 1 aromatic carbocycles. The van der Waals surface area contributed by atoms with Gasteiger partial charge in [0.2, 0.25) is 0 Å². The molecule has 162 valence electrons. The van der Waals surface area contributed by atoms with Gasteiger partial charge in [-0.1, -0.05) is 77.7 Å². The van der Waals surface area contributed by atoms with Crippen LogP contribution in [0.4, 0.5) is 0 Å². The molecule has 4 heteroatoms. The summed E-state index contributed by atoms with van der Waals surface area (Å²) in [5.74, 6) is -0.816. The number of carboxylic acids is 1. The van der Waals surface area contributed by atoms with E-state index in [1.54, 1.807) is 0 Å². The predicted molar refractivity (Wildman–Crippen MR) is 134 cm³/mol. The lowest BCUT2D eigenvalue weighted by molar-refractivity contribution is 0.0701. The molecule has 2 aromatic rings. The Morgan fingerprint density at radius 1 is 1.07 bits per heavy atom. The second-order valence-corrected chi connectivity index (χ2v) is 17.1. The van der Waals surface area contributed by atoms with Crippen molar-refractivity contribution in [2.45, 2.75) is 84.4 Å². The highest BCUT2D eigenvalue weighted by Gasteiger charge is 2.37. The molecule has 2 nitrogen and oxygen atoms in total. The maximum absolute atomic E-state index is 11.6. The summed E-state index contributed by atoms with van der Waals surface area (Å²) in [6.45, 7) is 18.6. The van der Waals surface area contributed by atoms with E-state index in [9.17, 15) is 9.90 Å². The van der Waals surface area contributed by atoms with Crippen LogP contribution in [0.1, 0.15) is 84.3 Å². The minimum absolute atomic E-state index is 0.181. The van der Waals surface area contributed by atoms with Gasteiger partial charge >= 0.3 is 5.97 Å². The maximum atomic E-state index is 11.6. The van der Waals surface area contributed by atoms with Crippen molar-refractivity contribution in [3.05, 3.63) is 56.3 Å². The number of rotatable bonds is 5. The standard InChI is InChI=1S/C26H36O2SSi/c1-9-17-14-19(29-23(17)24(27)28)16-22(30(6,7)8)18-10-11-20-21(15-18)26(4,5)13-12-25(20,2)3/h10-11,14-16H,9,12-13H2,1-8H3,(H,27,28). The van der Waals surface area contributed by atoms with Crippen molar-refractivity contribution in [2.24, 2.45) is 0 Å². The minimum atomic E-state index is -1.66. The zero-order valence-electron chi connectivity index (χ0n) is 19.8. The van der Waals surface area contributed by atoms with Gasteiger partial charge in [-0.25, -0.2) is 4.79 Å². The summed E-state index contributed by atoms with van der Waals surface area (Å²) in [5, 5.41) is 11.0. The lowest BCUT2D eigenvalue weighted by Crippen LogP contribution is -2.34. The Balaban J connectivity index is 2.17. The molecule has 1 heterocycles. The van der Waals surface area contributed by atoms with Gasteiger partial charge in [0.1, 0.15) is 4.88 Å². The number of aromatic carboxylic acids is 1. The number of carboxylic acid groups (broad SMARTS) is 1. The number of benzene rings is 1. The first-order valence-corrected chi connectivity index (χ1v) is 15.3. The van der Waals surface area contributed by atoms with Crippen LogP contribution in [-0.4, -0.2) is 19.1 Å². The molecule has 1 aromatic heterocycles. The molecule has 30 heavy (non-hydrogen) atoms. The Hall–Kier alpha value is -1.65. The van der Waals surface area contributed by atoms with Gasteiger partial charge in [0, 0.05) is 4.88 Å². The van der Waals surface area contributed by atoms with E-state index in [2.05, 4.69) is 77.7 Å². The third-order valence-electron chi connectivity index (χ3n) is 6.66. The zero-order valence-corrected chi connectivity index (χ0v) is 21.6. The quantitative estimate of drug-likeness (QED) is 0.482.